The van der Waals surface area contributed by atoms with E-state index in [1.165, 1.54) is 25.1 Å². The fourth-order valence-electron chi connectivity index (χ4n) is 2.56. The maximum absolute atomic E-state index is 12.9. The summed E-state index contributed by atoms with van der Waals surface area (Å²) in [6.07, 6.45) is 0. The molecule has 24 heavy (non-hydrogen) atoms. The van der Waals surface area contributed by atoms with E-state index in [4.69, 9.17) is 4.42 Å². The number of hydrogen-bond acceptors (Lipinski definition) is 5. The summed E-state index contributed by atoms with van der Waals surface area (Å²) >= 11 is 0. The van der Waals surface area contributed by atoms with Crippen molar-refractivity contribution in [2.45, 2.75) is 23.6 Å². The van der Waals surface area contributed by atoms with Gasteiger partial charge in [-0.05, 0) is 32.0 Å². The van der Waals surface area contributed by atoms with E-state index >= 15 is 0 Å². The Morgan fingerprint density at radius 1 is 1.00 bits per heavy atom. The summed E-state index contributed by atoms with van der Waals surface area (Å²) in [5.74, 6) is -0.509. The number of ketones is 1. The van der Waals surface area contributed by atoms with Crippen molar-refractivity contribution in [2.24, 2.45) is 0 Å². The quantitative estimate of drug-likeness (QED) is 0.539. The lowest BCUT2D eigenvalue weighted by Gasteiger charge is -2.10. The van der Waals surface area contributed by atoms with Gasteiger partial charge < -0.3 is 4.42 Å². The van der Waals surface area contributed by atoms with Gasteiger partial charge in [-0.3, -0.25) is 4.79 Å². The van der Waals surface area contributed by atoms with E-state index in [0.29, 0.717) is 5.39 Å². The summed E-state index contributed by atoms with van der Waals surface area (Å²) in [5.41, 5.74) is -0.122. The van der Waals surface area contributed by atoms with Crippen LogP contribution in [0.5, 0.6) is 0 Å². The van der Waals surface area contributed by atoms with Crippen molar-refractivity contribution < 1.29 is 17.6 Å². The number of Topliss-reactive ketones (excluding diaryl/α,β-unsaturated/α-hetero) is 1. The van der Waals surface area contributed by atoms with Crippen LogP contribution in [0, 0.1) is 6.92 Å². The summed E-state index contributed by atoms with van der Waals surface area (Å²) in [6, 6.07) is 12.4. The second kappa shape index (κ2) is 5.72. The van der Waals surface area contributed by atoms with E-state index in [1.54, 1.807) is 30.3 Å². The van der Waals surface area contributed by atoms with Crippen LogP contribution >= 0.6 is 0 Å². The predicted octanol–water partition coefficient (Wildman–Crippen LogP) is 3.14. The van der Waals surface area contributed by atoms with Crippen molar-refractivity contribution in [2.75, 3.05) is 0 Å². The highest BCUT2D eigenvalue weighted by molar-refractivity contribution is 7.91. The Kier molecular flexibility index (Phi) is 3.85. The number of carbonyl (C=O) groups is 1. The minimum absolute atomic E-state index is 0.0572. The Bertz CT molecular complexity index is 1110. The smallest absolute Gasteiger partial charge is 0.356 e. The van der Waals surface area contributed by atoms with Crippen molar-refractivity contribution in [1.82, 2.24) is 0 Å². The maximum Gasteiger partial charge on any atom is 0.356 e. The summed E-state index contributed by atoms with van der Waals surface area (Å²) < 4.78 is 31.0. The third-order valence-electron chi connectivity index (χ3n) is 3.72. The fourth-order valence-corrected chi connectivity index (χ4v) is 4.08. The van der Waals surface area contributed by atoms with Crippen LogP contribution in [0.1, 0.15) is 22.8 Å². The van der Waals surface area contributed by atoms with Gasteiger partial charge in [-0.15, -0.1) is 0 Å². The molecule has 2 aromatic carbocycles. The standard InChI is InChI=1S/C18H14O5S/c1-11-7-9-13(10-8-11)24(21,22)17-16(12(2)19)14-5-3-4-6-15(14)23-18(17)20/h3-10H,1-2H3. The first-order valence-corrected chi connectivity index (χ1v) is 8.69. The van der Waals surface area contributed by atoms with Gasteiger partial charge in [-0.25, -0.2) is 13.2 Å². The molecule has 0 radical (unpaired) electrons. The average Bonchev–Trinajstić information content (AvgIpc) is 2.53. The van der Waals surface area contributed by atoms with E-state index in [2.05, 4.69) is 0 Å². The molecule has 1 aromatic heterocycles. The molecule has 0 N–H and O–H groups in total. The Hall–Kier alpha value is -2.73. The number of fused-ring (bicyclic) bond motifs is 1. The van der Waals surface area contributed by atoms with Crippen molar-refractivity contribution in [3.05, 3.63) is 70.1 Å². The van der Waals surface area contributed by atoms with Crippen molar-refractivity contribution in [3.63, 3.8) is 0 Å². The molecule has 0 aliphatic carbocycles. The molecular formula is C18H14O5S. The maximum atomic E-state index is 12.9. The monoisotopic (exact) mass is 342 g/mol. The van der Waals surface area contributed by atoms with Crippen LogP contribution in [-0.2, 0) is 9.84 Å². The van der Waals surface area contributed by atoms with Gasteiger partial charge in [0, 0.05) is 5.39 Å². The summed E-state index contributed by atoms with van der Waals surface area (Å²) in [5, 5.41) is 0.301. The number of aryl methyl sites for hydroxylation is 1. The summed E-state index contributed by atoms with van der Waals surface area (Å²) in [6.45, 7) is 3.05. The van der Waals surface area contributed by atoms with Crippen LogP contribution in [0.2, 0.25) is 0 Å². The van der Waals surface area contributed by atoms with Gasteiger partial charge >= 0.3 is 5.63 Å². The molecule has 0 aliphatic heterocycles. The molecule has 0 saturated carbocycles. The van der Waals surface area contributed by atoms with E-state index in [-0.39, 0.29) is 16.0 Å². The number of rotatable bonds is 3. The molecule has 0 unspecified atom stereocenters. The molecule has 3 rings (SSSR count). The Labute approximate surface area is 138 Å². The lowest BCUT2D eigenvalue weighted by Crippen LogP contribution is -2.20. The van der Waals surface area contributed by atoms with E-state index in [9.17, 15) is 18.0 Å². The lowest BCUT2D eigenvalue weighted by molar-refractivity contribution is 0.101. The van der Waals surface area contributed by atoms with E-state index in [0.717, 1.165) is 5.56 Å². The van der Waals surface area contributed by atoms with Crippen LogP contribution in [0.3, 0.4) is 0 Å². The first kappa shape index (κ1) is 16.1. The third-order valence-corrected chi connectivity index (χ3v) is 5.52. The second-order valence-electron chi connectivity index (χ2n) is 5.46. The minimum atomic E-state index is -4.18. The average molecular weight is 342 g/mol. The number of carbonyl (C=O) groups excluding carboxylic acids is 1. The number of sulfone groups is 1. The summed E-state index contributed by atoms with van der Waals surface area (Å²) in [4.78, 5) is 23.8. The van der Waals surface area contributed by atoms with E-state index < -0.39 is 26.1 Å². The highest BCUT2D eigenvalue weighted by Gasteiger charge is 2.30. The molecule has 0 amide bonds. The summed E-state index contributed by atoms with van der Waals surface area (Å²) in [7, 11) is -4.18. The highest BCUT2D eigenvalue weighted by atomic mass is 32.2. The lowest BCUT2D eigenvalue weighted by atomic mass is 10.1. The Balaban J connectivity index is 2.43. The molecule has 122 valence electrons. The fraction of sp³-hybridized carbons (Fsp3) is 0.111. The zero-order chi connectivity index (χ0) is 17.5. The topological polar surface area (TPSA) is 81.4 Å². The normalized spacial score (nSPS) is 11.6. The Morgan fingerprint density at radius 2 is 1.62 bits per heavy atom. The van der Waals surface area contributed by atoms with Gasteiger partial charge in [0.1, 0.15) is 5.58 Å². The van der Waals surface area contributed by atoms with Crippen molar-refractivity contribution >= 4 is 26.6 Å². The first-order chi connectivity index (χ1) is 11.3. The van der Waals surface area contributed by atoms with Crippen molar-refractivity contribution in [1.29, 1.82) is 0 Å². The highest BCUT2D eigenvalue weighted by Crippen LogP contribution is 2.27. The molecule has 3 aromatic rings. The molecule has 1 heterocycles. The van der Waals surface area contributed by atoms with Crippen LogP contribution < -0.4 is 5.63 Å². The number of hydrogen-bond donors (Lipinski definition) is 0. The minimum Gasteiger partial charge on any atom is -0.422 e. The largest absolute Gasteiger partial charge is 0.422 e. The van der Waals surface area contributed by atoms with Crippen LogP contribution in [0.15, 0.2) is 67.5 Å². The molecule has 0 saturated heterocycles. The Morgan fingerprint density at radius 3 is 2.25 bits per heavy atom. The third kappa shape index (κ3) is 2.55. The van der Waals surface area contributed by atoms with Gasteiger partial charge in [0.15, 0.2) is 10.7 Å². The molecule has 0 aliphatic rings. The molecule has 0 fully saturated rings. The molecular weight excluding hydrogens is 328 g/mol. The number of benzene rings is 2. The van der Waals surface area contributed by atoms with Crippen LogP contribution in [0.25, 0.3) is 11.0 Å². The molecule has 6 heteroatoms. The zero-order valence-corrected chi connectivity index (χ0v) is 13.9. The predicted molar refractivity (Wildman–Crippen MR) is 89.1 cm³/mol. The number of para-hydroxylation sites is 1. The van der Waals surface area contributed by atoms with Crippen molar-refractivity contribution in [3.8, 4) is 0 Å². The SMILES string of the molecule is CC(=O)c1c(S(=O)(=O)c2ccc(C)cc2)c(=O)oc2ccccc12. The van der Waals surface area contributed by atoms with Crippen LogP contribution in [0.4, 0.5) is 0 Å². The molecule has 0 bridgehead atoms. The molecule has 0 atom stereocenters. The van der Waals surface area contributed by atoms with Crippen LogP contribution in [-0.4, -0.2) is 14.2 Å². The molecule has 0 spiro atoms. The van der Waals surface area contributed by atoms with E-state index in [1.807, 2.05) is 6.92 Å². The van der Waals surface area contributed by atoms with Gasteiger partial charge in [-0.2, -0.15) is 0 Å². The van der Waals surface area contributed by atoms with Gasteiger partial charge in [0.25, 0.3) is 0 Å². The second-order valence-corrected chi connectivity index (χ2v) is 7.35. The van der Waals surface area contributed by atoms with Gasteiger partial charge in [-0.1, -0.05) is 35.9 Å². The first-order valence-electron chi connectivity index (χ1n) is 7.21. The molecule has 5 nitrogen and oxygen atoms in total. The van der Waals surface area contributed by atoms with Gasteiger partial charge in [0.05, 0.1) is 10.5 Å². The van der Waals surface area contributed by atoms with Gasteiger partial charge in [0.2, 0.25) is 9.84 Å². The zero-order valence-electron chi connectivity index (χ0n) is 13.1.